The molecular formula is C35H73N3. The Labute approximate surface area is 241 Å². The number of nitrogens with zero attached hydrogens (tertiary/aromatic N) is 1. The van der Waals surface area contributed by atoms with Crippen LogP contribution in [-0.4, -0.2) is 28.9 Å². The number of nitrogens with two attached hydrogens (primary N) is 1. The van der Waals surface area contributed by atoms with Gasteiger partial charge in [0.05, 0.1) is 5.84 Å². The standard InChI is InChI=1S/C35H73N3/c1-6-8-10-12-14-16-18-20-22-24-26-28-30-33(36)32-34(37)38(35(3,4)5)31-29-27-25-23-21-19-17-15-13-11-9-7-2/h33,37H,6-32,36H2,1-5H3. The fraction of sp³-hybridized carbons (Fsp3) is 0.971. The van der Waals surface area contributed by atoms with Crippen molar-refractivity contribution in [2.45, 2.75) is 213 Å². The molecule has 0 aromatic rings. The summed E-state index contributed by atoms with van der Waals surface area (Å²) in [4.78, 5) is 2.32. The van der Waals surface area contributed by atoms with Crippen LogP contribution in [0, 0.1) is 5.41 Å². The third-order valence-corrected chi connectivity index (χ3v) is 8.25. The van der Waals surface area contributed by atoms with Crippen LogP contribution in [0.15, 0.2) is 0 Å². The van der Waals surface area contributed by atoms with Gasteiger partial charge in [-0.2, -0.15) is 0 Å². The summed E-state index contributed by atoms with van der Waals surface area (Å²) in [6, 6.07) is 0.137. The minimum absolute atomic E-state index is 0.00454. The molecule has 0 fully saturated rings. The quantitative estimate of drug-likeness (QED) is 0.0594. The van der Waals surface area contributed by atoms with E-state index in [0.29, 0.717) is 0 Å². The molecule has 0 heterocycles. The van der Waals surface area contributed by atoms with Crippen molar-refractivity contribution in [2.75, 3.05) is 6.54 Å². The first-order valence-corrected chi connectivity index (χ1v) is 17.4. The van der Waals surface area contributed by atoms with Crippen LogP contribution in [0.3, 0.4) is 0 Å². The Hall–Kier alpha value is -0.570. The van der Waals surface area contributed by atoms with Crippen LogP contribution in [-0.2, 0) is 0 Å². The van der Waals surface area contributed by atoms with Gasteiger partial charge in [-0.25, -0.2) is 0 Å². The highest BCUT2D eigenvalue weighted by molar-refractivity contribution is 5.80. The van der Waals surface area contributed by atoms with Gasteiger partial charge in [-0.3, -0.25) is 5.41 Å². The topological polar surface area (TPSA) is 53.1 Å². The van der Waals surface area contributed by atoms with Gasteiger partial charge >= 0.3 is 0 Å². The second-order valence-electron chi connectivity index (χ2n) is 13.3. The summed E-state index contributed by atoms with van der Waals surface area (Å²) in [6.45, 7) is 12.3. The summed E-state index contributed by atoms with van der Waals surface area (Å²) in [7, 11) is 0. The van der Waals surface area contributed by atoms with E-state index in [0.717, 1.165) is 25.2 Å². The lowest BCUT2D eigenvalue weighted by Crippen LogP contribution is -2.47. The zero-order chi connectivity index (χ0) is 28.3. The first kappa shape index (κ1) is 37.4. The molecule has 3 N–H and O–H groups in total. The van der Waals surface area contributed by atoms with Crippen LogP contribution in [0.2, 0.25) is 0 Å². The lowest BCUT2D eigenvalue weighted by Gasteiger charge is -2.38. The molecule has 0 aromatic carbocycles. The van der Waals surface area contributed by atoms with E-state index in [1.54, 1.807) is 0 Å². The Kier molecular flexibility index (Phi) is 26.2. The second-order valence-corrected chi connectivity index (χ2v) is 13.3. The van der Waals surface area contributed by atoms with E-state index in [9.17, 15) is 0 Å². The monoisotopic (exact) mass is 536 g/mol. The molecule has 1 atom stereocenters. The molecule has 0 bridgehead atoms. The molecule has 0 rings (SSSR count). The third kappa shape index (κ3) is 24.5. The van der Waals surface area contributed by atoms with Crippen molar-refractivity contribution >= 4 is 5.84 Å². The maximum absolute atomic E-state index is 8.79. The highest BCUT2D eigenvalue weighted by Crippen LogP contribution is 2.19. The molecule has 0 aliphatic carbocycles. The van der Waals surface area contributed by atoms with E-state index in [4.69, 9.17) is 11.1 Å². The Morgan fingerprint density at radius 1 is 0.553 bits per heavy atom. The van der Waals surface area contributed by atoms with Crippen molar-refractivity contribution < 1.29 is 0 Å². The molecule has 0 radical (unpaired) electrons. The number of amidine groups is 1. The van der Waals surface area contributed by atoms with Crippen LogP contribution in [0.5, 0.6) is 0 Å². The van der Waals surface area contributed by atoms with E-state index >= 15 is 0 Å². The van der Waals surface area contributed by atoms with Gasteiger partial charge in [0.15, 0.2) is 0 Å². The third-order valence-electron chi connectivity index (χ3n) is 8.25. The fourth-order valence-electron chi connectivity index (χ4n) is 5.69. The van der Waals surface area contributed by atoms with Crippen molar-refractivity contribution in [3.8, 4) is 0 Å². The minimum atomic E-state index is 0.00454. The molecule has 38 heavy (non-hydrogen) atoms. The van der Waals surface area contributed by atoms with Crippen LogP contribution in [0.25, 0.3) is 0 Å². The first-order valence-electron chi connectivity index (χ1n) is 17.4. The predicted octanol–water partition coefficient (Wildman–Crippen LogP) is 11.6. The molecule has 228 valence electrons. The van der Waals surface area contributed by atoms with Gasteiger partial charge in [0.25, 0.3) is 0 Å². The molecule has 3 nitrogen and oxygen atoms in total. The largest absolute Gasteiger partial charge is 0.356 e. The number of hydrogen-bond donors (Lipinski definition) is 2. The SMILES string of the molecule is CCCCCCCCCCCCCCC(N)CC(=N)N(CCCCCCCCCCCCCC)C(C)(C)C. The molecule has 3 heteroatoms. The van der Waals surface area contributed by atoms with Gasteiger partial charge < -0.3 is 10.6 Å². The zero-order valence-electron chi connectivity index (χ0n) is 27.2. The van der Waals surface area contributed by atoms with Crippen LogP contribution in [0.1, 0.15) is 202 Å². The molecular weight excluding hydrogens is 462 g/mol. The maximum atomic E-state index is 8.79. The van der Waals surface area contributed by atoms with Gasteiger partial charge in [0, 0.05) is 24.5 Å². The molecule has 0 saturated carbocycles. The van der Waals surface area contributed by atoms with Gasteiger partial charge in [-0.15, -0.1) is 0 Å². The summed E-state index contributed by atoms with van der Waals surface area (Å²) in [5.74, 6) is 0.756. The Bertz CT molecular complexity index is 496. The summed E-state index contributed by atoms with van der Waals surface area (Å²) in [5.41, 5.74) is 6.49. The van der Waals surface area contributed by atoms with E-state index in [1.165, 1.54) is 154 Å². The Balaban J connectivity index is 3.85. The fourth-order valence-corrected chi connectivity index (χ4v) is 5.69. The molecule has 0 aromatic heterocycles. The van der Waals surface area contributed by atoms with Crippen molar-refractivity contribution in [3.63, 3.8) is 0 Å². The molecule has 0 amide bonds. The lowest BCUT2D eigenvalue weighted by molar-refractivity contribution is 0.224. The average Bonchev–Trinajstić information content (AvgIpc) is 2.86. The van der Waals surface area contributed by atoms with E-state index in [1.807, 2.05) is 0 Å². The number of rotatable bonds is 28. The number of unbranched alkanes of at least 4 members (excludes halogenated alkanes) is 22. The average molecular weight is 536 g/mol. The van der Waals surface area contributed by atoms with E-state index in [-0.39, 0.29) is 11.6 Å². The maximum Gasteiger partial charge on any atom is 0.0977 e. The lowest BCUT2D eigenvalue weighted by atomic mass is 9.99. The van der Waals surface area contributed by atoms with Gasteiger partial charge in [-0.1, -0.05) is 162 Å². The van der Waals surface area contributed by atoms with Gasteiger partial charge in [0.2, 0.25) is 0 Å². The van der Waals surface area contributed by atoms with Gasteiger partial charge in [0.1, 0.15) is 0 Å². The first-order chi connectivity index (χ1) is 18.3. The predicted molar refractivity (Wildman–Crippen MR) is 174 cm³/mol. The summed E-state index contributed by atoms with van der Waals surface area (Å²) >= 11 is 0. The Morgan fingerprint density at radius 2 is 0.868 bits per heavy atom. The normalized spacial score (nSPS) is 12.7. The van der Waals surface area contributed by atoms with Crippen LogP contribution in [0.4, 0.5) is 0 Å². The zero-order valence-corrected chi connectivity index (χ0v) is 27.2. The number of nitrogens with one attached hydrogen (secondary N) is 1. The van der Waals surface area contributed by atoms with Gasteiger partial charge in [-0.05, 0) is 33.6 Å². The van der Waals surface area contributed by atoms with E-state index in [2.05, 4.69) is 39.5 Å². The Morgan fingerprint density at radius 3 is 1.21 bits per heavy atom. The molecule has 0 aliphatic heterocycles. The molecule has 0 aliphatic rings. The van der Waals surface area contributed by atoms with Crippen molar-refractivity contribution in [1.82, 2.24) is 4.90 Å². The van der Waals surface area contributed by atoms with Crippen LogP contribution >= 0.6 is 0 Å². The van der Waals surface area contributed by atoms with Crippen molar-refractivity contribution in [3.05, 3.63) is 0 Å². The molecule has 0 spiro atoms. The van der Waals surface area contributed by atoms with Crippen molar-refractivity contribution in [2.24, 2.45) is 5.73 Å². The molecule has 1 unspecified atom stereocenters. The number of hydrogen-bond acceptors (Lipinski definition) is 2. The highest BCUT2D eigenvalue weighted by Gasteiger charge is 2.24. The second kappa shape index (κ2) is 26.6. The smallest absolute Gasteiger partial charge is 0.0977 e. The minimum Gasteiger partial charge on any atom is -0.356 e. The highest BCUT2D eigenvalue weighted by atomic mass is 15.2. The summed E-state index contributed by atoms with van der Waals surface area (Å²) in [5, 5.41) is 8.79. The van der Waals surface area contributed by atoms with Crippen molar-refractivity contribution in [1.29, 1.82) is 5.41 Å². The summed E-state index contributed by atoms with van der Waals surface area (Å²) < 4.78 is 0. The summed E-state index contributed by atoms with van der Waals surface area (Å²) in [6.07, 6.45) is 34.9. The van der Waals surface area contributed by atoms with E-state index < -0.39 is 0 Å². The molecule has 0 saturated heterocycles. The van der Waals surface area contributed by atoms with Crippen LogP contribution < -0.4 is 5.73 Å².